The molecule has 1 aliphatic heterocycles. The maximum atomic E-state index is 12.7. The number of carbonyl (C=O) groups excluding carboxylic acids is 3. The SMILES string of the molecule is COc1cc(CNC(=O)C2OC(=O)N([C@H](C)c3ccccc3)C2=O)cc(OC)c1. The van der Waals surface area contributed by atoms with Gasteiger partial charge in [-0.25, -0.2) is 9.69 Å². The van der Waals surface area contributed by atoms with E-state index in [4.69, 9.17) is 14.2 Å². The number of amides is 3. The molecular weight excluding hydrogens is 376 g/mol. The number of imide groups is 1. The fraction of sp³-hybridized carbons (Fsp3) is 0.286. The molecule has 0 aromatic heterocycles. The Morgan fingerprint density at radius 3 is 2.31 bits per heavy atom. The van der Waals surface area contributed by atoms with Crippen LogP contribution >= 0.6 is 0 Å². The molecule has 3 amide bonds. The van der Waals surface area contributed by atoms with Crippen molar-refractivity contribution in [1.29, 1.82) is 0 Å². The molecule has 1 fully saturated rings. The van der Waals surface area contributed by atoms with Gasteiger partial charge in [0.1, 0.15) is 11.5 Å². The summed E-state index contributed by atoms with van der Waals surface area (Å²) < 4.78 is 15.4. The number of hydrogen-bond acceptors (Lipinski definition) is 6. The standard InChI is InChI=1S/C21H22N2O6/c1-13(15-7-5-4-6-8-15)23-20(25)18(29-21(23)26)19(24)22-12-14-9-16(27-2)11-17(10-14)28-3/h4-11,13,18H,12H2,1-3H3,(H,22,24)/t13-,18?/m1/s1. The van der Waals surface area contributed by atoms with Gasteiger partial charge in [0.25, 0.3) is 17.9 Å². The zero-order valence-electron chi connectivity index (χ0n) is 16.4. The molecule has 1 heterocycles. The molecule has 8 nitrogen and oxygen atoms in total. The molecule has 0 saturated carbocycles. The van der Waals surface area contributed by atoms with Crippen molar-refractivity contribution >= 4 is 17.9 Å². The molecule has 152 valence electrons. The zero-order valence-corrected chi connectivity index (χ0v) is 16.4. The van der Waals surface area contributed by atoms with Crippen LogP contribution < -0.4 is 14.8 Å². The molecule has 3 rings (SSSR count). The van der Waals surface area contributed by atoms with Gasteiger partial charge in [-0.1, -0.05) is 30.3 Å². The number of methoxy groups -OCH3 is 2. The van der Waals surface area contributed by atoms with E-state index in [2.05, 4.69) is 5.32 Å². The van der Waals surface area contributed by atoms with E-state index in [1.165, 1.54) is 14.2 Å². The van der Waals surface area contributed by atoms with Crippen molar-refractivity contribution in [2.24, 2.45) is 0 Å². The lowest BCUT2D eigenvalue weighted by Crippen LogP contribution is -2.41. The van der Waals surface area contributed by atoms with Crippen LogP contribution in [0.25, 0.3) is 0 Å². The second-order valence-corrected chi connectivity index (χ2v) is 6.50. The lowest BCUT2D eigenvalue weighted by Gasteiger charge is -2.20. The Balaban J connectivity index is 1.68. The highest BCUT2D eigenvalue weighted by Gasteiger charge is 2.47. The van der Waals surface area contributed by atoms with E-state index in [1.54, 1.807) is 37.3 Å². The molecule has 1 aliphatic rings. The molecule has 2 aromatic carbocycles. The molecule has 0 aliphatic carbocycles. The van der Waals surface area contributed by atoms with Crippen LogP contribution in [-0.2, 0) is 20.9 Å². The lowest BCUT2D eigenvalue weighted by atomic mass is 10.1. The lowest BCUT2D eigenvalue weighted by molar-refractivity contribution is -0.139. The van der Waals surface area contributed by atoms with E-state index >= 15 is 0 Å². The monoisotopic (exact) mass is 398 g/mol. The number of cyclic esters (lactones) is 1. The van der Waals surface area contributed by atoms with E-state index in [9.17, 15) is 14.4 Å². The van der Waals surface area contributed by atoms with Crippen LogP contribution in [0.1, 0.15) is 24.1 Å². The third-order valence-electron chi connectivity index (χ3n) is 4.66. The Morgan fingerprint density at radius 1 is 1.10 bits per heavy atom. The van der Waals surface area contributed by atoms with Crippen molar-refractivity contribution in [3.63, 3.8) is 0 Å². The summed E-state index contributed by atoms with van der Waals surface area (Å²) in [5.74, 6) is -0.236. The highest BCUT2D eigenvalue weighted by molar-refractivity contribution is 6.12. The van der Waals surface area contributed by atoms with Crippen LogP contribution in [-0.4, -0.2) is 43.1 Å². The van der Waals surface area contributed by atoms with Crippen molar-refractivity contribution in [2.75, 3.05) is 14.2 Å². The van der Waals surface area contributed by atoms with Gasteiger partial charge >= 0.3 is 6.09 Å². The third-order valence-corrected chi connectivity index (χ3v) is 4.66. The molecule has 2 atom stereocenters. The number of rotatable bonds is 7. The highest BCUT2D eigenvalue weighted by atomic mass is 16.6. The van der Waals surface area contributed by atoms with Gasteiger partial charge in [-0.3, -0.25) is 9.59 Å². The van der Waals surface area contributed by atoms with Gasteiger partial charge in [0.05, 0.1) is 20.3 Å². The largest absolute Gasteiger partial charge is 0.497 e. The summed E-state index contributed by atoms with van der Waals surface area (Å²) >= 11 is 0. The fourth-order valence-corrected chi connectivity index (χ4v) is 3.07. The van der Waals surface area contributed by atoms with E-state index in [-0.39, 0.29) is 6.54 Å². The van der Waals surface area contributed by atoms with Gasteiger partial charge < -0.3 is 19.5 Å². The van der Waals surface area contributed by atoms with Crippen molar-refractivity contribution in [3.05, 3.63) is 59.7 Å². The topological polar surface area (TPSA) is 94.2 Å². The second-order valence-electron chi connectivity index (χ2n) is 6.50. The first-order valence-electron chi connectivity index (χ1n) is 9.03. The normalized spacial score (nSPS) is 16.9. The van der Waals surface area contributed by atoms with E-state index in [0.717, 1.165) is 10.5 Å². The minimum Gasteiger partial charge on any atom is -0.497 e. The fourth-order valence-electron chi connectivity index (χ4n) is 3.07. The van der Waals surface area contributed by atoms with Gasteiger partial charge in [0, 0.05) is 12.6 Å². The van der Waals surface area contributed by atoms with E-state index in [0.29, 0.717) is 17.1 Å². The minimum atomic E-state index is -1.51. The average molecular weight is 398 g/mol. The van der Waals surface area contributed by atoms with Gasteiger partial charge in [-0.15, -0.1) is 0 Å². The molecule has 0 bridgehead atoms. The van der Waals surface area contributed by atoms with Gasteiger partial charge in [-0.05, 0) is 30.2 Å². The summed E-state index contributed by atoms with van der Waals surface area (Å²) in [5.41, 5.74) is 1.48. The van der Waals surface area contributed by atoms with Crippen molar-refractivity contribution in [1.82, 2.24) is 10.2 Å². The Morgan fingerprint density at radius 2 is 1.72 bits per heavy atom. The molecular formula is C21H22N2O6. The molecule has 0 spiro atoms. The molecule has 1 unspecified atom stereocenters. The smallest absolute Gasteiger partial charge is 0.418 e. The Kier molecular flexibility index (Phi) is 6.01. The molecule has 8 heteroatoms. The first kappa shape index (κ1) is 20.2. The minimum absolute atomic E-state index is 0.113. The number of nitrogens with one attached hydrogen (secondary N) is 1. The molecule has 1 saturated heterocycles. The number of benzene rings is 2. The number of ether oxygens (including phenoxy) is 3. The number of hydrogen-bond donors (Lipinski definition) is 1. The van der Waals surface area contributed by atoms with Crippen LogP contribution in [0, 0.1) is 0 Å². The Labute approximate surface area is 168 Å². The van der Waals surface area contributed by atoms with Crippen molar-refractivity contribution < 1.29 is 28.6 Å². The highest BCUT2D eigenvalue weighted by Crippen LogP contribution is 2.27. The maximum Gasteiger partial charge on any atom is 0.418 e. The first-order chi connectivity index (χ1) is 13.9. The summed E-state index contributed by atoms with van der Waals surface area (Å²) in [4.78, 5) is 38.3. The summed E-state index contributed by atoms with van der Waals surface area (Å²) in [6, 6.07) is 13.7. The summed E-state index contributed by atoms with van der Waals surface area (Å²) in [5, 5.41) is 2.62. The third kappa shape index (κ3) is 4.31. The molecule has 2 aromatic rings. The Hall–Kier alpha value is -3.55. The van der Waals surface area contributed by atoms with Crippen LogP contribution in [0.15, 0.2) is 48.5 Å². The van der Waals surface area contributed by atoms with Gasteiger partial charge in [0.2, 0.25) is 0 Å². The summed E-state index contributed by atoms with van der Waals surface area (Å²) in [6.07, 6.45) is -2.35. The predicted molar refractivity (Wildman–Crippen MR) is 103 cm³/mol. The van der Waals surface area contributed by atoms with E-state index < -0.39 is 30.1 Å². The molecule has 1 N–H and O–H groups in total. The van der Waals surface area contributed by atoms with Crippen LogP contribution in [0.4, 0.5) is 4.79 Å². The first-order valence-corrected chi connectivity index (χ1v) is 9.03. The number of carbonyl (C=O) groups is 3. The Bertz CT molecular complexity index is 892. The quantitative estimate of drug-likeness (QED) is 0.720. The zero-order chi connectivity index (χ0) is 21.0. The number of nitrogens with zero attached hydrogens (tertiary/aromatic N) is 1. The van der Waals surface area contributed by atoms with Crippen molar-refractivity contribution in [2.45, 2.75) is 25.6 Å². The van der Waals surface area contributed by atoms with Crippen LogP contribution in [0.2, 0.25) is 0 Å². The summed E-state index contributed by atoms with van der Waals surface area (Å²) in [6.45, 7) is 1.82. The summed E-state index contributed by atoms with van der Waals surface area (Å²) in [7, 11) is 3.05. The van der Waals surface area contributed by atoms with Crippen molar-refractivity contribution in [3.8, 4) is 11.5 Å². The average Bonchev–Trinajstić information content (AvgIpc) is 3.05. The predicted octanol–water partition coefficient (Wildman–Crippen LogP) is 2.43. The van der Waals surface area contributed by atoms with E-state index in [1.807, 2.05) is 18.2 Å². The second kappa shape index (κ2) is 8.64. The van der Waals surface area contributed by atoms with Crippen LogP contribution in [0.5, 0.6) is 11.5 Å². The van der Waals surface area contributed by atoms with Crippen LogP contribution in [0.3, 0.4) is 0 Å². The maximum absolute atomic E-state index is 12.7. The molecule has 29 heavy (non-hydrogen) atoms. The van der Waals surface area contributed by atoms with Gasteiger partial charge in [-0.2, -0.15) is 0 Å². The van der Waals surface area contributed by atoms with Gasteiger partial charge in [0.15, 0.2) is 0 Å². The molecule has 0 radical (unpaired) electrons.